The van der Waals surface area contributed by atoms with Crippen LogP contribution in [0.3, 0.4) is 0 Å². The van der Waals surface area contributed by atoms with Crippen LogP contribution in [0, 0.1) is 19.3 Å². The zero-order chi connectivity index (χ0) is 15.2. The molecule has 1 amide bonds. The Morgan fingerprint density at radius 3 is 2.10 bits per heavy atom. The lowest BCUT2D eigenvalue weighted by Crippen LogP contribution is -2.45. The van der Waals surface area contributed by atoms with Gasteiger partial charge in [0.25, 0.3) is 0 Å². The number of amides is 1. The van der Waals surface area contributed by atoms with E-state index in [4.69, 9.17) is 5.73 Å². The minimum Gasteiger partial charge on any atom is -0.355 e. The first-order chi connectivity index (χ1) is 9.47. The molecule has 0 saturated heterocycles. The number of benzene rings is 1. The third-order valence-corrected chi connectivity index (χ3v) is 4.21. The fourth-order valence-corrected chi connectivity index (χ4v) is 2.67. The van der Waals surface area contributed by atoms with Crippen LogP contribution in [0.5, 0.6) is 0 Å². The standard InChI is InChI=1S/C17H28N2O.ClH/c1-5-17(6-2,12-18)16(20)19-8-7-15-10-13(3)9-14(4)11-15;/h9-11H,5-8,12,18H2,1-4H3,(H,19,20);1H. The Labute approximate surface area is 135 Å². The lowest BCUT2D eigenvalue weighted by atomic mass is 9.81. The molecule has 3 N–H and O–H groups in total. The number of rotatable bonds is 7. The summed E-state index contributed by atoms with van der Waals surface area (Å²) in [7, 11) is 0. The molecule has 0 fully saturated rings. The Hall–Kier alpha value is -1.06. The average molecular weight is 313 g/mol. The average Bonchev–Trinajstić information content (AvgIpc) is 2.40. The predicted molar refractivity (Wildman–Crippen MR) is 91.9 cm³/mol. The first-order valence-electron chi connectivity index (χ1n) is 7.53. The van der Waals surface area contributed by atoms with Gasteiger partial charge in [0, 0.05) is 13.1 Å². The van der Waals surface area contributed by atoms with Crippen molar-refractivity contribution in [2.45, 2.75) is 47.0 Å². The first-order valence-corrected chi connectivity index (χ1v) is 7.53. The SMILES string of the molecule is CCC(CC)(CN)C(=O)NCCc1cc(C)cc(C)c1.Cl. The zero-order valence-electron chi connectivity index (χ0n) is 13.7. The van der Waals surface area contributed by atoms with Crippen LogP contribution in [-0.4, -0.2) is 19.0 Å². The van der Waals surface area contributed by atoms with Gasteiger partial charge in [-0.1, -0.05) is 43.2 Å². The predicted octanol–water partition coefficient (Wildman–Crippen LogP) is 3.15. The van der Waals surface area contributed by atoms with E-state index in [0.29, 0.717) is 13.1 Å². The van der Waals surface area contributed by atoms with Crippen LogP contribution in [0.1, 0.15) is 43.4 Å². The maximum Gasteiger partial charge on any atom is 0.227 e. The van der Waals surface area contributed by atoms with Crippen molar-refractivity contribution in [3.8, 4) is 0 Å². The highest BCUT2D eigenvalue weighted by molar-refractivity contribution is 5.85. The van der Waals surface area contributed by atoms with Gasteiger partial charge in [0.1, 0.15) is 0 Å². The van der Waals surface area contributed by atoms with Gasteiger partial charge in [-0.15, -0.1) is 12.4 Å². The van der Waals surface area contributed by atoms with Gasteiger partial charge < -0.3 is 11.1 Å². The molecule has 0 aliphatic heterocycles. The molecule has 1 rings (SSSR count). The van der Waals surface area contributed by atoms with Crippen LogP contribution in [0.2, 0.25) is 0 Å². The molecule has 4 heteroatoms. The van der Waals surface area contributed by atoms with Gasteiger partial charge >= 0.3 is 0 Å². The fourth-order valence-electron chi connectivity index (χ4n) is 2.67. The Bertz CT molecular complexity index is 428. The van der Waals surface area contributed by atoms with Crippen LogP contribution < -0.4 is 11.1 Å². The van der Waals surface area contributed by atoms with E-state index < -0.39 is 5.41 Å². The van der Waals surface area contributed by atoms with E-state index in [0.717, 1.165) is 19.3 Å². The van der Waals surface area contributed by atoms with Crippen LogP contribution in [-0.2, 0) is 11.2 Å². The van der Waals surface area contributed by atoms with E-state index in [1.807, 2.05) is 13.8 Å². The second-order valence-corrected chi connectivity index (χ2v) is 5.69. The molecule has 0 spiro atoms. The Morgan fingerprint density at radius 1 is 1.14 bits per heavy atom. The summed E-state index contributed by atoms with van der Waals surface area (Å²) in [4.78, 5) is 12.3. The second-order valence-electron chi connectivity index (χ2n) is 5.69. The second kappa shape index (κ2) is 9.06. The summed E-state index contributed by atoms with van der Waals surface area (Å²) >= 11 is 0. The summed E-state index contributed by atoms with van der Waals surface area (Å²) in [6.07, 6.45) is 2.44. The molecule has 0 aliphatic carbocycles. The Balaban J connectivity index is 0.00000400. The first kappa shape index (κ1) is 19.9. The quantitative estimate of drug-likeness (QED) is 0.812. The van der Waals surface area contributed by atoms with E-state index in [1.165, 1.54) is 16.7 Å². The number of halogens is 1. The van der Waals surface area contributed by atoms with Gasteiger partial charge in [-0.3, -0.25) is 4.79 Å². The number of hydrogen-bond donors (Lipinski definition) is 2. The van der Waals surface area contributed by atoms with Crippen molar-refractivity contribution in [1.29, 1.82) is 0 Å². The molecule has 1 aromatic carbocycles. The van der Waals surface area contributed by atoms with Gasteiger partial charge in [-0.25, -0.2) is 0 Å². The van der Waals surface area contributed by atoms with Crippen LogP contribution in [0.4, 0.5) is 0 Å². The molecule has 1 aromatic rings. The van der Waals surface area contributed by atoms with Crippen molar-refractivity contribution in [2.24, 2.45) is 11.1 Å². The number of nitrogens with two attached hydrogens (primary N) is 1. The third kappa shape index (κ3) is 5.33. The van der Waals surface area contributed by atoms with Crippen molar-refractivity contribution in [3.63, 3.8) is 0 Å². The summed E-state index contributed by atoms with van der Waals surface area (Å²) in [5.41, 5.74) is 9.20. The van der Waals surface area contributed by atoms with Gasteiger partial charge in [0.05, 0.1) is 5.41 Å². The van der Waals surface area contributed by atoms with Crippen molar-refractivity contribution in [1.82, 2.24) is 5.32 Å². The Morgan fingerprint density at radius 2 is 1.67 bits per heavy atom. The Kier molecular flexibility index (Phi) is 8.60. The summed E-state index contributed by atoms with van der Waals surface area (Å²) in [5.74, 6) is 0.0920. The van der Waals surface area contributed by atoms with Gasteiger partial charge in [-0.2, -0.15) is 0 Å². The fraction of sp³-hybridized carbons (Fsp3) is 0.588. The van der Waals surface area contributed by atoms with E-state index in [-0.39, 0.29) is 18.3 Å². The molecule has 0 saturated carbocycles. The number of carbonyl (C=O) groups is 1. The molecule has 21 heavy (non-hydrogen) atoms. The van der Waals surface area contributed by atoms with Crippen molar-refractivity contribution in [2.75, 3.05) is 13.1 Å². The van der Waals surface area contributed by atoms with Crippen LogP contribution in [0.25, 0.3) is 0 Å². The molecule has 0 unspecified atom stereocenters. The molecule has 0 aromatic heterocycles. The van der Waals surface area contributed by atoms with Gasteiger partial charge in [-0.05, 0) is 38.7 Å². The summed E-state index contributed by atoms with van der Waals surface area (Å²) in [5, 5.41) is 3.04. The molecule has 0 aliphatic rings. The van der Waals surface area contributed by atoms with Gasteiger partial charge in [0.15, 0.2) is 0 Å². The molecule has 0 heterocycles. The molecule has 3 nitrogen and oxygen atoms in total. The maximum absolute atomic E-state index is 12.3. The number of nitrogens with one attached hydrogen (secondary N) is 1. The number of hydrogen-bond acceptors (Lipinski definition) is 2. The largest absolute Gasteiger partial charge is 0.355 e. The van der Waals surface area contributed by atoms with Crippen molar-refractivity contribution in [3.05, 3.63) is 34.9 Å². The molecule has 120 valence electrons. The maximum atomic E-state index is 12.3. The van der Waals surface area contributed by atoms with E-state index >= 15 is 0 Å². The monoisotopic (exact) mass is 312 g/mol. The molecule has 0 atom stereocenters. The van der Waals surface area contributed by atoms with Gasteiger partial charge in [0.2, 0.25) is 5.91 Å². The van der Waals surface area contributed by atoms with Crippen molar-refractivity contribution >= 4 is 18.3 Å². The molecular formula is C17H29ClN2O. The van der Waals surface area contributed by atoms with E-state index in [2.05, 4.69) is 37.4 Å². The van der Waals surface area contributed by atoms with Crippen LogP contribution >= 0.6 is 12.4 Å². The molecular weight excluding hydrogens is 284 g/mol. The topological polar surface area (TPSA) is 55.1 Å². The summed E-state index contributed by atoms with van der Waals surface area (Å²) < 4.78 is 0. The van der Waals surface area contributed by atoms with E-state index in [1.54, 1.807) is 0 Å². The number of aryl methyl sites for hydroxylation is 2. The van der Waals surface area contributed by atoms with Crippen molar-refractivity contribution < 1.29 is 4.79 Å². The highest BCUT2D eigenvalue weighted by Crippen LogP contribution is 2.24. The minimum absolute atomic E-state index is 0. The number of carbonyl (C=O) groups excluding carboxylic acids is 1. The normalized spacial score (nSPS) is 10.9. The minimum atomic E-state index is -0.400. The highest BCUT2D eigenvalue weighted by atomic mass is 35.5. The lowest BCUT2D eigenvalue weighted by molar-refractivity contribution is -0.131. The third-order valence-electron chi connectivity index (χ3n) is 4.21. The summed E-state index contributed by atoms with van der Waals surface area (Å²) in [6.45, 7) is 9.34. The lowest BCUT2D eigenvalue weighted by Gasteiger charge is -2.28. The van der Waals surface area contributed by atoms with Crippen LogP contribution in [0.15, 0.2) is 18.2 Å². The zero-order valence-corrected chi connectivity index (χ0v) is 14.5. The summed E-state index contributed by atoms with van der Waals surface area (Å²) in [6, 6.07) is 6.51. The highest BCUT2D eigenvalue weighted by Gasteiger charge is 2.32. The smallest absolute Gasteiger partial charge is 0.227 e. The molecule has 0 bridgehead atoms. The molecule has 0 radical (unpaired) electrons. The van der Waals surface area contributed by atoms with E-state index in [9.17, 15) is 4.79 Å².